The van der Waals surface area contributed by atoms with Crippen molar-refractivity contribution in [1.29, 1.82) is 0 Å². The molecule has 0 heterocycles. The van der Waals surface area contributed by atoms with Crippen molar-refractivity contribution >= 4 is 37.1 Å². The summed E-state index contributed by atoms with van der Waals surface area (Å²) in [5.74, 6) is 3.66. The first-order valence-corrected chi connectivity index (χ1v) is 18.5. The summed E-state index contributed by atoms with van der Waals surface area (Å²) >= 11 is 0. The number of methoxy groups -OCH3 is 3. The van der Waals surface area contributed by atoms with E-state index in [-0.39, 0.29) is 6.61 Å². The highest BCUT2D eigenvalue weighted by molar-refractivity contribution is 7.73. The summed E-state index contributed by atoms with van der Waals surface area (Å²) in [5.41, 5.74) is 0. The third-order valence-corrected chi connectivity index (χ3v) is 12.8. The van der Waals surface area contributed by atoms with E-state index in [0.29, 0.717) is 6.61 Å². The largest absolute Gasteiger partial charge is 0.496 e. The zero-order valence-corrected chi connectivity index (χ0v) is 28.1. The Bertz CT molecular complexity index is 1360. The lowest BCUT2D eigenvalue weighted by Crippen LogP contribution is -2.22. The number of hydrogen-bond acceptors (Lipinski definition) is 5. The molecule has 44 heavy (non-hydrogen) atoms. The van der Waals surface area contributed by atoms with Crippen LogP contribution in [0.2, 0.25) is 0 Å². The van der Waals surface area contributed by atoms with Crippen molar-refractivity contribution in [2.45, 2.75) is 38.5 Å². The highest BCUT2D eigenvalue weighted by atomic mass is 31.1. The predicted molar refractivity (Wildman–Crippen MR) is 188 cm³/mol. The van der Waals surface area contributed by atoms with Crippen LogP contribution < -0.4 is 40.2 Å². The maximum Gasteiger partial charge on any atom is 0.127 e. The monoisotopic (exact) mass is 632 g/mol. The van der Waals surface area contributed by atoms with Crippen molar-refractivity contribution in [2.75, 3.05) is 46.9 Å². The number of para-hydroxylation sites is 4. The van der Waals surface area contributed by atoms with Gasteiger partial charge in [0, 0.05) is 34.0 Å². The quantitative estimate of drug-likeness (QED) is 0.0893. The molecule has 0 radical (unpaired) electrons. The predicted octanol–water partition coefficient (Wildman–Crippen LogP) is 6.99. The number of ether oxygens (including phenoxy) is 4. The zero-order chi connectivity index (χ0) is 31.0. The van der Waals surface area contributed by atoms with E-state index in [1.54, 1.807) is 21.3 Å². The highest BCUT2D eigenvalue weighted by Crippen LogP contribution is 2.42. The molecule has 4 aromatic carbocycles. The first kappa shape index (κ1) is 33.8. The van der Waals surface area contributed by atoms with Gasteiger partial charge in [0.05, 0.1) is 27.9 Å². The average molecular weight is 633 g/mol. The minimum Gasteiger partial charge on any atom is -0.496 e. The second-order valence-corrected chi connectivity index (χ2v) is 15.0. The molecule has 1 atom stereocenters. The molecular formula is C37H46O5P2. The first-order chi connectivity index (χ1) is 21.7. The Morgan fingerprint density at radius 2 is 0.818 bits per heavy atom. The standard InChI is InChI=1S/C37H46O5P2/c1-39-30-18-8-12-22-34(30)43(28-17-7-5-4-6-16-26-38)37-25-15-11-21-33(37)42-27-29-44(35-23-13-9-19-31(35)40-2)36-24-14-10-20-32(36)41-3/h8-15,18-25,38H,4-7,16-17,26-29H2,1-3H3. The summed E-state index contributed by atoms with van der Waals surface area (Å²) in [6.45, 7) is 0.856. The van der Waals surface area contributed by atoms with E-state index in [1.807, 2.05) is 30.3 Å². The fraction of sp³-hybridized carbons (Fsp3) is 0.351. The van der Waals surface area contributed by atoms with Gasteiger partial charge in [-0.05, 0) is 59.1 Å². The number of unbranched alkanes of at least 4 members (excludes halogenated alkanes) is 5. The SMILES string of the molecule is COc1ccccc1P(CCOc1ccccc1P(CCCCCCCCO)c1ccccc1OC)c1ccccc1OC. The lowest BCUT2D eigenvalue weighted by atomic mass is 10.1. The lowest BCUT2D eigenvalue weighted by molar-refractivity contribution is 0.282. The van der Waals surface area contributed by atoms with Gasteiger partial charge in [-0.25, -0.2) is 0 Å². The van der Waals surface area contributed by atoms with Crippen molar-refractivity contribution in [3.8, 4) is 23.0 Å². The minimum atomic E-state index is -0.801. The molecule has 0 saturated carbocycles. The van der Waals surface area contributed by atoms with Crippen molar-refractivity contribution < 1.29 is 24.1 Å². The van der Waals surface area contributed by atoms with Gasteiger partial charge in [-0.3, -0.25) is 0 Å². The molecule has 5 nitrogen and oxygen atoms in total. The number of benzene rings is 4. The van der Waals surface area contributed by atoms with Gasteiger partial charge in [-0.2, -0.15) is 0 Å². The van der Waals surface area contributed by atoms with Gasteiger partial charge < -0.3 is 24.1 Å². The van der Waals surface area contributed by atoms with E-state index >= 15 is 0 Å². The summed E-state index contributed by atoms with van der Waals surface area (Å²) in [6.07, 6.45) is 8.59. The van der Waals surface area contributed by atoms with Gasteiger partial charge in [0.1, 0.15) is 23.0 Å². The second-order valence-electron chi connectivity index (χ2n) is 10.5. The van der Waals surface area contributed by atoms with Crippen LogP contribution in [0.3, 0.4) is 0 Å². The molecule has 0 fully saturated rings. The molecule has 0 aliphatic carbocycles. The minimum absolute atomic E-state index is 0.287. The molecule has 1 unspecified atom stereocenters. The molecule has 0 aromatic heterocycles. The van der Waals surface area contributed by atoms with Crippen LogP contribution in [0.1, 0.15) is 38.5 Å². The first-order valence-electron chi connectivity index (χ1n) is 15.5. The number of aliphatic hydroxyl groups excluding tert-OH is 1. The molecule has 4 aromatic rings. The number of aliphatic hydroxyl groups is 1. The fourth-order valence-corrected chi connectivity index (χ4v) is 10.5. The molecule has 0 aliphatic heterocycles. The Morgan fingerprint density at radius 3 is 1.27 bits per heavy atom. The van der Waals surface area contributed by atoms with Crippen molar-refractivity contribution in [3.63, 3.8) is 0 Å². The van der Waals surface area contributed by atoms with Crippen LogP contribution in [-0.4, -0.2) is 52.0 Å². The Labute approximate surface area is 266 Å². The molecular weight excluding hydrogens is 586 g/mol. The third-order valence-electron chi connectivity index (χ3n) is 7.65. The van der Waals surface area contributed by atoms with Crippen LogP contribution in [0, 0.1) is 0 Å². The van der Waals surface area contributed by atoms with E-state index in [0.717, 1.165) is 54.6 Å². The van der Waals surface area contributed by atoms with Gasteiger partial charge in [0.25, 0.3) is 0 Å². The smallest absolute Gasteiger partial charge is 0.127 e. The van der Waals surface area contributed by atoms with Crippen LogP contribution in [0.25, 0.3) is 0 Å². The van der Waals surface area contributed by atoms with E-state index in [9.17, 15) is 0 Å². The lowest BCUT2D eigenvalue weighted by Gasteiger charge is -2.25. The third kappa shape index (κ3) is 9.21. The van der Waals surface area contributed by atoms with Gasteiger partial charge in [-0.15, -0.1) is 0 Å². The van der Waals surface area contributed by atoms with Gasteiger partial charge in [0.15, 0.2) is 0 Å². The molecule has 0 spiro atoms. The molecule has 0 aliphatic rings. The van der Waals surface area contributed by atoms with Gasteiger partial charge in [0.2, 0.25) is 0 Å². The van der Waals surface area contributed by atoms with Crippen molar-refractivity contribution in [2.24, 2.45) is 0 Å². The average Bonchev–Trinajstić information content (AvgIpc) is 3.08. The number of rotatable bonds is 19. The van der Waals surface area contributed by atoms with Crippen LogP contribution in [-0.2, 0) is 0 Å². The zero-order valence-electron chi connectivity index (χ0n) is 26.3. The molecule has 4 rings (SSSR count). The Morgan fingerprint density at radius 1 is 0.455 bits per heavy atom. The maximum atomic E-state index is 9.09. The maximum absolute atomic E-state index is 9.09. The molecule has 0 bridgehead atoms. The van der Waals surface area contributed by atoms with Crippen molar-refractivity contribution in [3.05, 3.63) is 97.1 Å². The van der Waals surface area contributed by atoms with Crippen LogP contribution in [0.5, 0.6) is 23.0 Å². The van der Waals surface area contributed by atoms with E-state index in [1.165, 1.54) is 40.5 Å². The Hall–Kier alpha value is -3.10. The van der Waals surface area contributed by atoms with Crippen molar-refractivity contribution in [1.82, 2.24) is 0 Å². The molecule has 234 valence electrons. The topological polar surface area (TPSA) is 57.2 Å². The summed E-state index contributed by atoms with van der Waals surface area (Å²) < 4.78 is 24.1. The Balaban J connectivity index is 1.57. The van der Waals surface area contributed by atoms with E-state index < -0.39 is 15.8 Å². The van der Waals surface area contributed by atoms with E-state index in [4.69, 9.17) is 24.1 Å². The van der Waals surface area contributed by atoms with Crippen LogP contribution in [0.4, 0.5) is 0 Å². The summed E-state index contributed by atoms with van der Waals surface area (Å²) in [4.78, 5) is 0. The van der Waals surface area contributed by atoms with Crippen LogP contribution >= 0.6 is 15.8 Å². The molecule has 7 heteroatoms. The summed E-state index contributed by atoms with van der Waals surface area (Å²) in [6, 6.07) is 33.5. The normalized spacial score (nSPS) is 11.8. The molecule has 0 saturated heterocycles. The fourth-order valence-electron chi connectivity index (χ4n) is 5.44. The van der Waals surface area contributed by atoms with E-state index in [2.05, 4.69) is 66.7 Å². The van der Waals surface area contributed by atoms with Gasteiger partial charge in [-0.1, -0.05) is 98.5 Å². The molecule has 1 N–H and O–H groups in total. The van der Waals surface area contributed by atoms with Gasteiger partial charge >= 0.3 is 0 Å². The number of hydrogen-bond donors (Lipinski definition) is 1. The highest BCUT2D eigenvalue weighted by Gasteiger charge is 2.24. The summed E-state index contributed by atoms with van der Waals surface area (Å²) in [7, 11) is 3.74. The molecule has 0 amide bonds. The van der Waals surface area contributed by atoms with Crippen LogP contribution in [0.15, 0.2) is 97.1 Å². The summed E-state index contributed by atoms with van der Waals surface area (Å²) in [5, 5.41) is 14.0. The Kier molecular flexibility index (Phi) is 14.3. The second kappa shape index (κ2) is 18.6.